The number of carbonyl (C=O) groups is 1. The lowest BCUT2D eigenvalue weighted by Crippen LogP contribution is -2.21. The van der Waals surface area contributed by atoms with Gasteiger partial charge in [0, 0.05) is 11.9 Å². The van der Waals surface area contributed by atoms with Crippen molar-refractivity contribution in [1.82, 2.24) is 9.78 Å². The number of nitrogens with zero attached hydrogens (tertiary/aromatic N) is 2. The summed E-state index contributed by atoms with van der Waals surface area (Å²) < 4.78 is 1.43. The highest BCUT2D eigenvalue weighted by Gasteiger charge is 2.12. The van der Waals surface area contributed by atoms with E-state index < -0.39 is 0 Å². The number of para-hydroxylation sites is 2. The highest BCUT2D eigenvalue weighted by atomic mass is 35.5. The average Bonchev–Trinajstić information content (AvgIpc) is 3.08. The average molecular weight is 357 g/mol. The molecule has 0 aliphatic heterocycles. The van der Waals surface area contributed by atoms with Crippen molar-refractivity contribution in [3.05, 3.63) is 77.6 Å². The first-order valence-electron chi connectivity index (χ1n) is 7.11. The Balaban J connectivity index is 1.70. The molecule has 1 aromatic heterocycles. The van der Waals surface area contributed by atoms with Crippen molar-refractivity contribution in [3.63, 3.8) is 0 Å². The molecule has 0 unspecified atom stereocenters. The molecule has 0 fully saturated rings. The Bertz CT molecular complexity index is 879. The Morgan fingerprint density at radius 2 is 1.71 bits per heavy atom. The maximum atomic E-state index is 12.3. The van der Waals surface area contributed by atoms with Crippen LogP contribution in [0.5, 0.6) is 0 Å². The van der Waals surface area contributed by atoms with Gasteiger partial charge in [0.1, 0.15) is 0 Å². The molecule has 0 aliphatic rings. The SMILES string of the molecule is O=C(Nc1ccccc1Cl)c1ccn(C(=S)Nc2ccccc2)n1. The Morgan fingerprint density at radius 1 is 1.00 bits per heavy atom. The van der Waals surface area contributed by atoms with Crippen LogP contribution in [0, 0.1) is 0 Å². The van der Waals surface area contributed by atoms with Crippen LogP contribution >= 0.6 is 23.8 Å². The summed E-state index contributed by atoms with van der Waals surface area (Å²) in [6.45, 7) is 0. The molecule has 3 rings (SSSR count). The zero-order valence-corrected chi connectivity index (χ0v) is 14.0. The molecular weight excluding hydrogens is 344 g/mol. The Hall–Kier alpha value is -2.70. The number of carbonyl (C=O) groups excluding carboxylic acids is 1. The minimum Gasteiger partial charge on any atom is -0.331 e. The summed E-state index contributed by atoms with van der Waals surface area (Å²) in [4.78, 5) is 12.3. The second kappa shape index (κ2) is 7.25. The van der Waals surface area contributed by atoms with Gasteiger partial charge in [-0.25, -0.2) is 4.68 Å². The molecule has 0 saturated carbocycles. The van der Waals surface area contributed by atoms with Crippen molar-refractivity contribution in [2.24, 2.45) is 0 Å². The Morgan fingerprint density at radius 3 is 2.46 bits per heavy atom. The summed E-state index contributed by atoms with van der Waals surface area (Å²) in [6, 6.07) is 18.1. The zero-order valence-electron chi connectivity index (χ0n) is 12.4. The number of benzene rings is 2. The van der Waals surface area contributed by atoms with Gasteiger partial charge >= 0.3 is 0 Å². The molecule has 5 nitrogen and oxygen atoms in total. The highest BCUT2D eigenvalue weighted by molar-refractivity contribution is 7.80. The van der Waals surface area contributed by atoms with E-state index in [0.29, 0.717) is 15.8 Å². The van der Waals surface area contributed by atoms with Crippen LogP contribution in [0.2, 0.25) is 5.02 Å². The molecule has 3 aromatic rings. The molecule has 120 valence electrons. The number of halogens is 1. The molecular formula is C17H13ClN4OS. The maximum absolute atomic E-state index is 12.3. The second-order valence-corrected chi connectivity index (χ2v) is 5.67. The van der Waals surface area contributed by atoms with Crippen LogP contribution in [0.3, 0.4) is 0 Å². The van der Waals surface area contributed by atoms with E-state index in [9.17, 15) is 4.79 Å². The second-order valence-electron chi connectivity index (χ2n) is 4.88. The van der Waals surface area contributed by atoms with Crippen LogP contribution in [0.1, 0.15) is 10.5 Å². The van der Waals surface area contributed by atoms with Crippen molar-refractivity contribution in [2.75, 3.05) is 10.6 Å². The summed E-state index contributed by atoms with van der Waals surface area (Å²) in [5.74, 6) is -0.357. The van der Waals surface area contributed by atoms with Gasteiger partial charge in [-0.2, -0.15) is 5.10 Å². The fourth-order valence-electron chi connectivity index (χ4n) is 2.01. The summed E-state index contributed by atoms with van der Waals surface area (Å²) in [5.41, 5.74) is 1.62. The maximum Gasteiger partial charge on any atom is 0.276 e. The van der Waals surface area contributed by atoms with Gasteiger partial charge in [0.05, 0.1) is 10.7 Å². The van der Waals surface area contributed by atoms with E-state index in [4.69, 9.17) is 23.8 Å². The topological polar surface area (TPSA) is 59.0 Å². The van der Waals surface area contributed by atoms with Gasteiger partial charge in [0.2, 0.25) is 0 Å². The van der Waals surface area contributed by atoms with E-state index in [1.807, 2.05) is 30.3 Å². The number of aromatic nitrogens is 2. The predicted molar refractivity (Wildman–Crippen MR) is 99.7 cm³/mol. The molecule has 7 heteroatoms. The van der Waals surface area contributed by atoms with Crippen molar-refractivity contribution in [2.45, 2.75) is 0 Å². The number of nitrogens with one attached hydrogen (secondary N) is 2. The summed E-state index contributed by atoms with van der Waals surface area (Å²) >= 11 is 11.3. The molecule has 0 spiro atoms. The minimum atomic E-state index is -0.357. The van der Waals surface area contributed by atoms with E-state index in [0.717, 1.165) is 5.69 Å². The van der Waals surface area contributed by atoms with E-state index in [1.165, 1.54) is 4.68 Å². The highest BCUT2D eigenvalue weighted by Crippen LogP contribution is 2.20. The number of anilines is 2. The molecule has 1 amide bonds. The Labute approximate surface area is 149 Å². The molecule has 1 heterocycles. The van der Waals surface area contributed by atoms with Crippen molar-refractivity contribution in [1.29, 1.82) is 0 Å². The molecule has 0 saturated heterocycles. The number of hydrogen-bond donors (Lipinski definition) is 2. The molecule has 2 N–H and O–H groups in total. The number of hydrogen-bond acceptors (Lipinski definition) is 3. The lowest BCUT2D eigenvalue weighted by atomic mass is 10.3. The fraction of sp³-hybridized carbons (Fsp3) is 0. The van der Waals surface area contributed by atoms with Crippen LogP contribution in [-0.2, 0) is 0 Å². The van der Waals surface area contributed by atoms with E-state index in [-0.39, 0.29) is 11.6 Å². The Kier molecular flexibility index (Phi) is 4.88. The molecule has 0 bridgehead atoms. The molecule has 0 radical (unpaired) electrons. The monoisotopic (exact) mass is 356 g/mol. The van der Waals surface area contributed by atoms with Gasteiger partial charge in [-0.05, 0) is 42.5 Å². The summed E-state index contributed by atoms with van der Waals surface area (Å²) in [7, 11) is 0. The van der Waals surface area contributed by atoms with Crippen LogP contribution in [0.4, 0.5) is 11.4 Å². The predicted octanol–water partition coefficient (Wildman–Crippen LogP) is 4.03. The van der Waals surface area contributed by atoms with E-state index in [1.54, 1.807) is 36.5 Å². The van der Waals surface area contributed by atoms with Crippen molar-refractivity contribution in [3.8, 4) is 0 Å². The minimum absolute atomic E-state index is 0.243. The number of thiocarbonyl (C=S) groups is 1. The molecule has 0 aliphatic carbocycles. The van der Waals surface area contributed by atoms with Gasteiger partial charge in [-0.15, -0.1) is 0 Å². The number of amides is 1. The van der Waals surface area contributed by atoms with Gasteiger partial charge < -0.3 is 10.6 Å². The fourth-order valence-corrected chi connectivity index (χ4v) is 2.41. The first-order chi connectivity index (χ1) is 11.6. The lowest BCUT2D eigenvalue weighted by molar-refractivity contribution is 0.102. The third-order valence-electron chi connectivity index (χ3n) is 3.18. The largest absolute Gasteiger partial charge is 0.331 e. The molecule has 24 heavy (non-hydrogen) atoms. The molecule has 2 aromatic carbocycles. The van der Waals surface area contributed by atoms with E-state index in [2.05, 4.69) is 15.7 Å². The molecule has 0 atom stereocenters. The van der Waals surface area contributed by atoms with Gasteiger partial charge in [0.15, 0.2) is 10.8 Å². The van der Waals surface area contributed by atoms with Crippen LogP contribution < -0.4 is 10.6 Å². The normalized spacial score (nSPS) is 10.2. The van der Waals surface area contributed by atoms with Crippen LogP contribution in [0.25, 0.3) is 0 Å². The lowest BCUT2D eigenvalue weighted by Gasteiger charge is -2.07. The van der Waals surface area contributed by atoms with Gasteiger partial charge in [0.25, 0.3) is 5.91 Å². The third kappa shape index (κ3) is 3.79. The summed E-state index contributed by atoms with van der Waals surface area (Å²) in [5, 5.41) is 10.8. The first-order valence-corrected chi connectivity index (χ1v) is 7.90. The quantitative estimate of drug-likeness (QED) is 0.695. The van der Waals surface area contributed by atoms with Crippen molar-refractivity contribution < 1.29 is 4.79 Å². The van der Waals surface area contributed by atoms with Gasteiger partial charge in [-0.1, -0.05) is 41.9 Å². The zero-order chi connectivity index (χ0) is 16.9. The smallest absolute Gasteiger partial charge is 0.276 e. The van der Waals surface area contributed by atoms with E-state index >= 15 is 0 Å². The first kappa shape index (κ1) is 16.2. The standard InChI is InChI=1S/C17H13ClN4OS/c18-13-8-4-5-9-14(13)20-16(23)15-10-11-22(21-15)17(24)19-12-6-2-1-3-7-12/h1-11H,(H,19,24)(H,20,23). The third-order valence-corrected chi connectivity index (χ3v) is 3.80. The number of rotatable bonds is 3. The van der Waals surface area contributed by atoms with Gasteiger partial charge in [-0.3, -0.25) is 4.79 Å². The van der Waals surface area contributed by atoms with Crippen LogP contribution in [0.15, 0.2) is 66.9 Å². The summed E-state index contributed by atoms with van der Waals surface area (Å²) in [6.07, 6.45) is 1.62. The van der Waals surface area contributed by atoms with Crippen molar-refractivity contribution >= 4 is 46.2 Å². The van der Waals surface area contributed by atoms with Crippen LogP contribution in [-0.4, -0.2) is 20.8 Å².